The van der Waals surface area contributed by atoms with Crippen molar-refractivity contribution in [3.05, 3.63) is 23.0 Å². The molecule has 1 fully saturated rings. The number of hydrogen-bond donors (Lipinski definition) is 7. The van der Waals surface area contributed by atoms with E-state index in [-0.39, 0.29) is 34.2 Å². The number of carboxylic acid groups (broad SMARTS) is 1. The van der Waals surface area contributed by atoms with Crippen molar-refractivity contribution < 1.29 is 37.3 Å². The van der Waals surface area contributed by atoms with Gasteiger partial charge in [0.1, 0.15) is 23.5 Å². The predicted octanol–water partition coefficient (Wildman–Crippen LogP) is -2.92. The maximum Gasteiger partial charge on any atom is 0.362 e. The van der Waals surface area contributed by atoms with E-state index >= 15 is 0 Å². The number of thiazole rings is 1. The molecule has 0 spiro atoms. The second-order valence-electron chi connectivity index (χ2n) is 8.21. The number of oxime groups is 1. The highest BCUT2D eigenvalue weighted by atomic mass is 32.2. The summed E-state index contributed by atoms with van der Waals surface area (Å²) in [6.45, 7) is 2.01. The Labute approximate surface area is 218 Å². The number of anilines is 1. The first-order chi connectivity index (χ1) is 17.6. The number of aromatic nitrogens is 4. The zero-order valence-electron chi connectivity index (χ0n) is 19.7. The number of amides is 2. The normalized spacial score (nSPS) is 18.0. The van der Waals surface area contributed by atoms with Crippen LogP contribution in [-0.2, 0) is 42.6 Å². The lowest BCUT2D eigenvalue weighted by Gasteiger charge is -2.43. The van der Waals surface area contributed by atoms with Crippen molar-refractivity contribution in [2.75, 3.05) is 5.73 Å². The molecule has 3 rings (SSSR count). The Hall–Kier alpha value is -4.37. The number of carbonyl (C=O) groups excluding carboxylic acids is 2. The van der Waals surface area contributed by atoms with Gasteiger partial charge in [-0.3, -0.25) is 19.6 Å². The van der Waals surface area contributed by atoms with Crippen molar-refractivity contribution in [3.63, 3.8) is 0 Å². The fraction of sp³-hybridized carbons (Fsp3) is 0.412. The van der Waals surface area contributed by atoms with Crippen LogP contribution in [0.4, 0.5) is 5.13 Å². The van der Waals surface area contributed by atoms with Gasteiger partial charge in [-0.1, -0.05) is 5.16 Å². The van der Waals surface area contributed by atoms with E-state index in [1.165, 1.54) is 25.4 Å². The number of carbonyl (C=O) groups is 3. The summed E-state index contributed by atoms with van der Waals surface area (Å²) in [5.41, 5.74) is 8.66. The Bertz CT molecular complexity index is 1400. The molecule has 9 N–H and O–H groups in total. The Morgan fingerprint density at radius 2 is 2.08 bits per heavy atom. The standard InChI is InChI=1S/C17H23N11O8S2/c1-17(2,14(31)32)36-26-10(8-6-37-16(20)23-8)12(29)24-11-9(28(13(11)30)38(33,34)35)5-27-22-4-7(25-27)3-21-15(18)19/h4,6,9,11H,3,5H2,1-2H3,(H2,20,23)(H,24,29)(H,31,32)(H4,18,19,21)(H,33,34,35)/b26-10-. The predicted molar refractivity (Wildman–Crippen MR) is 129 cm³/mol. The number of nitrogen functional groups attached to an aromatic ring is 1. The van der Waals surface area contributed by atoms with E-state index in [0.717, 1.165) is 16.1 Å². The second-order valence-corrected chi connectivity index (χ2v) is 10.4. The van der Waals surface area contributed by atoms with Gasteiger partial charge in [-0.2, -0.15) is 23.4 Å². The van der Waals surface area contributed by atoms with Crippen molar-refractivity contribution in [1.82, 2.24) is 34.9 Å². The summed E-state index contributed by atoms with van der Waals surface area (Å²) in [7, 11) is -5.02. The van der Waals surface area contributed by atoms with Crippen LogP contribution in [0.5, 0.6) is 0 Å². The van der Waals surface area contributed by atoms with Gasteiger partial charge in [0.2, 0.25) is 5.60 Å². The molecule has 1 aliphatic rings. The fourth-order valence-electron chi connectivity index (χ4n) is 3.01. The average molecular weight is 574 g/mol. The monoisotopic (exact) mass is 573 g/mol. The molecule has 2 atom stereocenters. The van der Waals surface area contributed by atoms with E-state index in [2.05, 4.69) is 31.0 Å². The highest BCUT2D eigenvalue weighted by molar-refractivity contribution is 7.84. The largest absolute Gasteiger partial charge is 0.478 e. The van der Waals surface area contributed by atoms with Crippen LogP contribution >= 0.6 is 11.3 Å². The number of rotatable bonds is 11. The van der Waals surface area contributed by atoms with Crippen molar-refractivity contribution >= 4 is 56.2 Å². The third-order valence-electron chi connectivity index (χ3n) is 4.96. The van der Waals surface area contributed by atoms with E-state index in [9.17, 15) is 32.5 Å². The number of nitrogens with two attached hydrogens (primary N) is 2. The van der Waals surface area contributed by atoms with Gasteiger partial charge in [0.25, 0.3) is 11.8 Å². The molecule has 0 aliphatic carbocycles. The first-order valence-electron chi connectivity index (χ1n) is 10.4. The van der Waals surface area contributed by atoms with Crippen molar-refractivity contribution in [2.24, 2.45) is 10.9 Å². The molecule has 3 heterocycles. The topological polar surface area (TPSA) is 294 Å². The maximum atomic E-state index is 13.1. The lowest BCUT2D eigenvalue weighted by molar-refractivity contribution is -0.161. The summed E-state index contributed by atoms with van der Waals surface area (Å²) in [6, 6.07) is -2.86. The van der Waals surface area contributed by atoms with Crippen LogP contribution in [0.1, 0.15) is 25.2 Å². The van der Waals surface area contributed by atoms with E-state index in [4.69, 9.17) is 21.7 Å². The first-order valence-corrected chi connectivity index (χ1v) is 12.7. The zero-order valence-corrected chi connectivity index (χ0v) is 21.4. The number of hydrogen-bond acceptors (Lipinski definition) is 13. The van der Waals surface area contributed by atoms with Gasteiger partial charge in [-0.05, 0) is 13.8 Å². The number of aliphatic carboxylic acids is 1. The van der Waals surface area contributed by atoms with E-state index in [0.29, 0.717) is 5.69 Å². The molecule has 206 valence electrons. The van der Waals surface area contributed by atoms with Crippen molar-refractivity contribution in [3.8, 4) is 0 Å². The number of guanidine groups is 1. The minimum absolute atomic E-state index is 0.0321. The molecule has 0 saturated carbocycles. The molecular formula is C17H23N11O8S2. The van der Waals surface area contributed by atoms with Gasteiger partial charge in [0.15, 0.2) is 16.8 Å². The molecule has 2 unspecified atom stereocenters. The van der Waals surface area contributed by atoms with Gasteiger partial charge in [-0.25, -0.2) is 14.1 Å². The lowest BCUT2D eigenvalue weighted by Crippen LogP contribution is -2.73. The quantitative estimate of drug-likeness (QED) is 0.0466. The van der Waals surface area contributed by atoms with Gasteiger partial charge >= 0.3 is 16.3 Å². The second kappa shape index (κ2) is 10.5. The minimum atomic E-state index is -5.02. The van der Waals surface area contributed by atoms with Crippen LogP contribution in [-0.4, -0.2) is 89.5 Å². The van der Waals surface area contributed by atoms with Crippen LogP contribution in [0.2, 0.25) is 0 Å². The fourth-order valence-corrected chi connectivity index (χ4v) is 4.42. The zero-order chi connectivity index (χ0) is 28.4. The molecule has 2 aromatic rings. The summed E-state index contributed by atoms with van der Waals surface area (Å²) in [4.78, 5) is 47.0. The average Bonchev–Trinajstić information content (AvgIpc) is 3.43. The first kappa shape index (κ1) is 28.2. The molecular weight excluding hydrogens is 550 g/mol. The summed E-state index contributed by atoms with van der Waals surface area (Å²) in [5.74, 6) is -3.95. The smallest absolute Gasteiger partial charge is 0.362 e. The number of nitrogens with zero attached hydrogens (tertiary/aromatic N) is 6. The highest BCUT2D eigenvalue weighted by Gasteiger charge is 2.54. The van der Waals surface area contributed by atoms with Gasteiger partial charge in [-0.15, -0.1) is 11.3 Å². The molecule has 1 saturated heterocycles. The lowest BCUT2D eigenvalue weighted by atomic mass is 9.98. The van der Waals surface area contributed by atoms with E-state index < -0.39 is 51.5 Å². The van der Waals surface area contributed by atoms with Crippen molar-refractivity contribution in [2.45, 2.75) is 44.6 Å². The van der Waals surface area contributed by atoms with Crippen LogP contribution < -0.4 is 22.1 Å². The maximum absolute atomic E-state index is 13.1. The Kier molecular flexibility index (Phi) is 7.83. The van der Waals surface area contributed by atoms with E-state index in [1.807, 2.05) is 0 Å². The van der Waals surface area contributed by atoms with Crippen LogP contribution in [0.25, 0.3) is 0 Å². The van der Waals surface area contributed by atoms with Gasteiger partial charge < -0.3 is 32.0 Å². The number of β-lactam (4-membered cyclic amide) rings is 1. The Balaban J connectivity index is 1.85. The van der Waals surface area contributed by atoms with Gasteiger partial charge in [0, 0.05) is 5.38 Å². The number of nitrogens with one attached hydrogen (secondary N) is 3. The molecule has 1 aliphatic heterocycles. The van der Waals surface area contributed by atoms with Crippen LogP contribution in [0, 0.1) is 5.41 Å². The SMILES string of the molecule is CC(C)(O/N=C(\C(=O)NC1C(=O)N(S(=O)(=O)O)C1Cn1ncc(CNC(=N)N)n1)c1csc(N)n1)C(=O)O. The summed E-state index contributed by atoms with van der Waals surface area (Å²) < 4.78 is 33.3. The van der Waals surface area contributed by atoms with Gasteiger partial charge in [0.05, 0.1) is 19.3 Å². The molecule has 38 heavy (non-hydrogen) atoms. The van der Waals surface area contributed by atoms with E-state index in [1.54, 1.807) is 0 Å². The van der Waals surface area contributed by atoms with Crippen molar-refractivity contribution in [1.29, 1.82) is 5.41 Å². The molecule has 19 nitrogen and oxygen atoms in total. The minimum Gasteiger partial charge on any atom is -0.478 e. The summed E-state index contributed by atoms with van der Waals surface area (Å²) >= 11 is 0.943. The third kappa shape index (κ3) is 6.30. The highest BCUT2D eigenvalue weighted by Crippen LogP contribution is 2.25. The van der Waals surface area contributed by atoms with Crippen LogP contribution in [0.3, 0.4) is 0 Å². The molecule has 2 aromatic heterocycles. The Morgan fingerprint density at radius 3 is 2.63 bits per heavy atom. The molecule has 0 bridgehead atoms. The third-order valence-corrected chi connectivity index (χ3v) is 6.58. The van der Waals surface area contributed by atoms with Crippen LogP contribution in [0.15, 0.2) is 16.7 Å². The Morgan fingerprint density at radius 1 is 1.39 bits per heavy atom. The summed E-state index contributed by atoms with van der Waals surface area (Å²) in [6.07, 6.45) is 1.29. The molecule has 0 aromatic carbocycles. The molecule has 0 radical (unpaired) electrons. The molecule has 2 amide bonds. The molecule has 21 heteroatoms. The summed E-state index contributed by atoms with van der Waals surface area (Å²) in [5, 5.41) is 34.2. The number of carboxylic acids is 1.